The molecular formula is C26H18F6N6O3S. The molecule has 1 amide bonds. The molecule has 0 saturated carbocycles. The first-order chi connectivity index (χ1) is 19.9. The van der Waals surface area contributed by atoms with Crippen LogP contribution >= 0.6 is 11.8 Å². The van der Waals surface area contributed by atoms with Gasteiger partial charge in [0.1, 0.15) is 17.9 Å². The van der Waals surface area contributed by atoms with E-state index in [0.29, 0.717) is 16.8 Å². The molecule has 16 heteroatoms. The van der Waals surface area contributed by atoms with Gasteiger partial charge in [-0.25, -0.2) is 9.98 Å². The van der Waals surface area contributed by atoms with Gasteiger partial charge in [-0.3, -0.25) is 9.69 Å². The lowest BCUT2D eigenvalue weighted by atomic mass is 10.1. The SMILES string of the molecule is NC(=NC=Nc1ccc(OC(F)(F)F)cc1)c1ccc(/C=N\N=C2\SCC(=O)N2c2ccccc2OC(F)(F)F)cc1. The summed E-state index contributed by atoms with van der Waals surface area (Å²) in [5.41, 5.74) is 7.29. The molecule has 2 N–H and O–H groups in total. The van der Waals surface area contributed by atoms with Crippen LogP contribution in [-0.2, 0) is 4.79 Å². The molecule has 1 aliphatic heterocycles. The number of amides is 1. The molecule has 1 fully saturated rings. The van der Waals surface area contributed by atoms with Crippen LogP contribution in [0.4, 0.5) is 37.7 Å². The van der Waals surface area contributed by atoms with Gasteiger partial charge in [-0.05, 0) is 42.0 Å². The van der Waals surface area contributed by atoms with Crippen LogP contribution in [0.1, 0.15) is 11.1 Å². The number of aliphatic imine (C=N–C) groups is 2. The largest absolute Gasteiger partial charge is 0.573 e. The number of para-hydroxylation sites is 2. The Hall–Kier alpha value is -4.86. The zero-order valence-electron chi connectivity index (χ0n) is 21.0. The second-order valence-electron chi connectivity index (χ2n) is 8.08. The summed E-state index contributed by atoms with van der Waals surface area (Å²) < 4.78 is 83.0. The Balaban J connectivity index is 1.40. The van der Waals surface area contributed by atoms with Gasteiger partial charge in [0.05, 0.1) is 23.3 Å². The first kappa shape index (κ1) is 30.1. The van der Waals surface area contributed by atoms with Crippen LogP contribution in [0, 0.1) is 0 Å². The summed E-state index contributed by atoms with van der Waals surface area (Å²) in [6, 6.07) is 16.6. The van der Waals surface area contributed by atoms with Crippen molar-refractivity contribution in [3.63, 3.8) is 0 Å². The molecule has 9 nitrogen and oxygen atoms in total. The lowest BCUT2D eigenvalue weighted by Gasteiger charge is -2.19. The predicted octanol–water partition coefficient (Wildman–Crippen LogP) is 6.02. The lowest BCUT2D eigenvalue weighted by Crippen LogP contribution is -2.30. The second-order valence-corrected chi connectivity index (χ2v) is 9.03. The van der Waals surface area contributed by atoms with Gasteiger partial charge in [0, 0.05) is 5.56 Å². The summed E-state index contributed by atoms with van der Waals surface area (Å²) in [6.45, 7) is 0. The highest BCUT2D eigenvalue weighted by Gasteiger charge is 2.36. The first-order valence-corrected chi connectivity index (χ1v) is 12.6. The topological polar surface area (TPSA) is 114 Å². The van der Waals surface area contributed by atoms with Gasteiger partial charge in [-0.2, -0.15) is 5.10 Å². The van der Waals surface area contributed by atoms with Crippen LogP contribution in [-0.4, -0.2) is 47.9 Å². The Bertz CT molecular complexity index is 1540. The van der Waals surface area contributed by atoms with Crippen molar-refractivity contribution >= 4 is 52.6 Å². The molecule has 1 heterocycles. The number of nitrogens with two attached hydrogens (primary N) is 1. The zero-order chi connectivity index (χ0) is 30.3. The molecule has 0 atom stereocenters. The maximum Gasteiger partial charge on any atom is 0.573 e. The van der Waals surface area contributed by atoms with E-state index in [4.69, 9.17) is 5.73 Å². The van der Waals surface area contributed by atoms with Gasteiger partial charge in [0.25, 0.3) is 0 Å². The summed E-state index contributed by atoms with van der Waals surface area (Å²) in [4.78, 5) is 21.4. The van der Waals surface area contributed by atoms with Crippen LogP contribution in [0.2, 0.25) is 0 Å². The van der Waals surface area contributed by atoms with E-state index >= 15 is 0 Å². The van der Waals surface area contributed by atoms with E-state index in [1.165, 1.54) is 36.5 Å². The molecule has 1 aliphatic rings. The molecule has 0 bridgehead atoms. The maximum atomic E-state index is 12.8. The number of carbonyl (C=O) groups excluding carboxylic acids is 1. The number of hydrogen-bond donors (Lipinski definition) is 1. The van der Waals surface area contributed by atoms with E-state index in [0.717, 1.165) is 41.2 Å². The number of hydrogen-bond acceptors (Lipinski definition) is 7. The molecule has 4 rings (SSSR count). The van der Waals surface area contributed by atoms with Gasteiger partial charge in [0.15, 0.2) is 10.9 Å². The summed E-state index contributed by atoms with van der Waals surface area (Å²) in [6.07, 6.45) is -7.22. The third-order valence-corrected chi connectivity index (χ3v) is 6.04. The Kier molecular flexibility index (Phi) is 9.15. The lowest BCUT2D eigenvalue weighted by molar-refractivity contribution is -0.275. The molecule has 0 aromatic heterocycles. The summed E-state index contributed by atoms with van der Waals surface area (Å²) in [5, 5.41) is 8.03. The van der Waals surface area contributed by atoms with E-state index in [1.807, 2.05) is 0 Å². The van der Waals surface area contributed by atoms with Crippen molar-refractivity contribution in [2.45, 2.75) is 12.7 Å². The molecule has 0 spiro atoms. The summed E-state index contributed by atoms with van der Waals surface area (Å²) in [5.74, 6) is -1.35. The second kappa shape index (κ2) is 12.8. The molecular weight excluding hydrogens is 590 g/mol. The number of ether oxygens (including phenoxy) is 2. The molecule has 0 aliphatic carbocycles. The number of rotatable bonds is 8. The highest BCUT2D eigenvalue weighted by Crippen LogP contribution is 2.36. The van der Waals surface area contributed by atoms with E-state index in [2.05, 4.69) is 29.7 Å². The number of anilines is 1. The monoisotopic (exact) mass is 608 g/mol. The average Bonchev–Trinajstić information content (AvgIpc) is 3.28. The van der Waals surface area contributed by atoms with Crippen molar-refractivity contribution in [3.8, 4) is 11.5 Å². The first-order valence-electron chi connectivity index (χ1n) is 11.6. The minimum absolute atomic E-state index is 0.0386. The van der Waals surface area contributed by atoms with Crippen molar-refractivity contribution < 1.29 is 40.6 Å². The number of benzene rings is 3. The fourth-order valence-corrected chi connectivity index (χ4v) is 4.19. The maximum absolute atomic E-state index is 12.8. The molecule has 1 saturated heterocycles. The van der Waals surface area contributed by atoms with Crippen molar-refractivity contribution in [3.05, 3.63) is 83.9 Å². The van der Waals surface area contributed by atoms with Crippen LogP contribution in [0.15, 0.2) is 93.0 Å². The fraction of sp³-hybridized carbons (Fsp3) is 0.115. The summed E-state index contributed by atoms with van der Waals surface area (Å²) >= 11 is 1.01. The molecule has 3 aromatic rings. The van der Waals surface area contributed by atoms with Crippen LogP contribution in [0.5, 0.6) is 11.5 Å². The smallest absolute Gasteiger partial charge is 0.406 e. The summed E-state index contributed by atoms with van der Waals surface area (Å²) in [7, 11) is 0. The number of nitrogens with zero attached hydrogens (tertiary/aromatic N) is 5. The van der Waals surface area contributed by atoms with E-state index in [9.17, 15) is 31.1 Å². The third-order valence-electron chi connectivity index (χ3n) is 5.13. The standard InChI is InChI=1S/C26H18F6N6O3S/c27-25(28,29)40-19-11-9-18(10-12-19)34-15-35-23(33)17-7-5-16(6-8-17)13-36-37-24-38(22(39)14-42-24)20-3-1-2-4-21(20)41-26(30,31)32/h1-13,15H,14H2,(H2,33,34,35)/b36-13-,37-24+. The number of halogens is 6. The molecule has 218 valence electrons. The molecule has 0 unspecified atom stereocenters. The molecule has 42 heavy (non-hydrogen) atoms. The Labute approximate surface area is 238 Å². The number of alkyl halides is 6. The van der Waals surface area contributed by atoms with Gasteiger partial charge in [0.2, 0.25) is 5.91 Å². The molecule has 3 aromatic carbocycles. The number of thioether (sulfide) groups is 1. The van der Waals surface area contributed by atoms with Gasteiger partial charge >= 0.3 is 12.7 Å². The normalized spacial score (nSPS) is 15.8. The van der Waals surface area contributed by atoms with Gasteiger partial charge < -0.3 is 15.2 Å². The third kappa shape index (κ3) is 8.57. The minimum atomic E-state index is -4.95. The zero-order valence-corrected chi connectivity index (χ0v) is 21.8. The Morgan fingerprint density at radius 3 is 2.24 bits per heavy atom. The van der Waals surface area contributed by atoms with Crippen molar-refractivity contribution in [1.82, 2.24) is 0 Å². The van der Waals surface area contributed by atoms with Crippen molar-refractivity contribution in [2.75, 3.05) is 10.7 Å². The Morgan fingerprint density at radius 1 is 0.905 bits per heavy atom. The minimum Gasteiger partial charge on any atom is -0.406 e. The van der Waals surface area contributed by atoms with Crippen LogP contribution in [0.3, 0.4) is 0 Å². The quantitative estimate of drug-likeness (QED) is 0.145. The highest BCUT2D eigenvalue weighted by atomic mass is 32.2. The molecule has 0 radical (unpaired) electrons. The number of amidine groups is 2. The predicted molar refractivity (Wildman–Crippen MR) is 147 cm³/mol. The van der Waals surface area contributed by atoms with Crippen LogP contribution < -0.4 is 20.1 Å². The van der Waals surface area contributed by atoms with E-state index in [1.54, 1.807) is 24.3 Å². The van der Waals surface area contributed by atoms with E-state index in [-0.39, 0.29) is 28.2 Å². The highest BCUT2D eigenvalue weighted by molar-refractivity contribution is 8.15. The number of carbonyl (C=O) groups is 1. The van der Waals surface area contributed by atoms with Crippen LogP contribution in [0.25, 0.3) is 0 Å². The van der Waals surface area contributed by atoms with E-state index < -0.39 is 24.4 Å². The fourth-order valence-electron chi connectivity index (χ4n) is 3.38. The average molecular weight is 609 g/mol. The van der Waals surface area contributed by atoms with Gasteiger partial charge in [-0.1, -0.05) is 48.2 Å². The van der Waals surface area contributed by atoms with Crippen molar-refractivity contribution in [2.24, 2.45) is 25.9 Å². The Morgan fingerprint density at radius 2 is 1.57 bits per heavy atom. The van der Waals surface area contributed by atoms with Gasteiger partial charge in [-0.15, -0.1) is 31.4 Å². The van der Waals surface area contributed by atoms with Crippen molar-refractivity contribution in [1.29, 1.82) is 0 Å².